The Morgan fingerprint density at radius 1 is 0.547 bits per heavy atom. The summed E-state index contributed by atoms with van der Waals surface area (Å²) in [5, 5.41) is 135. The molecule has 0 amide bonds. The second kappa shape index (κ2) is 34.4. The van der Waals surface area contributed by atoms with Crippen LogP contribution in [0.3, 0.4) is 0 Å². The summed E-state index contributed by atoms with van der Waals surface area (Å²) in [6, 6.07) is 0. The number of methoxy groups -OCH3 is 3. The molecule has 34 heteroatoms. The van der Waals surface area contributed by atoms with Crippen LogP contribution in [0.15, 0.2) is 71.5 Å². The monoisotopic (exact) mass is 1360 g/mol. The number of aliphatic hydroxyl groups excluding tert-OH is 13. The first-order chi connectivity index (χ1) is 45.3. The highest BCUT2D eigenvalue weighted by Crippen LogP contribution is 2.46. The first-order valence-electron chi connectivity index (χ1n) is 30.6. The van der Waals surface area contributed by atoms with Crippen molar-refractivity contribution in [1.29, 1.82) is 0 Å². The van der Waals surface area contributed by atoms with Crippen LogP contribution in [0, 0.1) is 47.3 Å². The maximum Gasteiger partial charge on any atom is 0.337 e. The first kappa shape index (κ1) is 76.3. The molecule has 0 aromatic heterocycles. The summed E-state index contributed by atoms with van der Waals surface area (Å²) in [7, 11) is 3.21. The van der Waals surface area contributed by atoms with Crippen molar-refractivity contribution in [3.63, 3.8) is 0 Å². The van der Waals surface area contributed by atoms with E-state index in [1.165, 1.54) is 32.1 Å². The average molecular weight is 1360 g/mol. The van der Waals surface area contributed by atoms with Crippen molar-refractivity contribution in [3.8, 4) is 0 Å². The molecule has 0 aromatic carbocycles. The number of carbonyl (C=O) groups is 6. The smallest absolute Gasteiger partial charge is 0.337 e. The van der Waals surface area contributed by atoms with Crippen molar-refractivity contribution in [1.82, 2.24) is 0 Å². The Labute approximate surface area is 543 Å². The molecule has 1 saturated carbocycles. The highest BCUT2D eigenvalue weighted by atomic mass is 16.8. The second-order valence-electron chi connectivity index (χ2n) is 23.6. The predicted octanol–water partition coefficient (Wildman–Crippen LogP) is -4.73. The standard InChI is InChI=1S/C61H86O34/c1-8-26-30(34(53(78)81-5)21-86-56(26)93-59-50(75)47(72)44(69)38(16-63)90-59)12-41(66)84-19-25(15-62)29-11-37(89-43(68)14-32-28(10-3)58(88-23-36(32)55(80)83-7)95-61-52(77)49(74)46(71)40(18-65)92-61)24(4)33(29)20-85-42(67)13-31-27(9-2)57(87-22-35(31)54(79)82-6)94-60-51(76)48(73)45(70)39(17-64)91-60/h8-10,21-25,27,29-33,37-40,44-52,56-65,69-77H,2,11-20H2,1,3-7H3/b26-8-,28-10-/t24-,25+,27-,29+,30+,31+,32+,33-,37-,38-,39-,40-,44-,45-,46-,47+,48+,49+,50-,51-,52-,56+,57+,58+,59+,60+,61+/m1/s1. The molecular weight excluding hydrogens is 1280 g/mol. The lowest BCUT2D eigenvalue weighted by molar-refractivity contribution is -0.339. The van der Waals surface area contributed by atoms with Crippen molar-refractivity contribution in [3.05, 3.63) is 71.5 Å². The molecule has 13 N–H and O–H groups in total. The van der Waals surface area contributed by atoms with Gasteiger partial charge in [-0.15, -0.1) is 6.58 Å². The minimum absolute atomic E-state index is 0.0937. The van der Waals surface area contributed by atoms with Gasteiger partial charge >= 0.3 is 35.8 Å². The summed E-state index contributed by atoms with van der Waals surface area (Å²) in [6.45, 7) is 4.36. The van der Waals surface area contributed by atoms with E-state index in [0.717, 1.165) is 40.1 Å². The van der Waals surface area contributed by atoms with Gasteiger partial charge in [0, 0.05) is 53.3 Å². The molecule has 3 saturated heterocycles. The van der Waals surface area contributed by atoms with E-state index < -0.39 is 259 Å². The molecule has 0 aromatic rings. The Morgan fingerprint density at radius 3 is 1.39 bits per heavy atom. The van der Waals surface area contributed by atoms with Gasteiger partial charge in [-0.3, -0.25) is 14.4 Å². The van der Waals surface area contributed by atoms with Crippen LogP contribution in [-0.4, -0.2) is 280 Å². The molecule has 27 atom stereocenters. The molecule has 7 rings (SSSR count). The van der Waals surface area contributed by atoms with Gasteiger partial charge in [0.15, 0.2) is 18.9 Å². The van der Waals surface area contributed by atoms with Crippen LogP contribution in [0.2, 0.25) is 0 Å². The van der Waals surface area contributed by atoms with Crippen molar-refractivity contribution in [2.24, 2.45) is 47.3 Å². The number of hydrogen-bond acceptors (Lipinski definition) is 34. The molecule has 0 radical (unpaired) electrons. The summed E-state index contributed by atoms with van der Waals surface area (Å²) in [6.07, 6.45) is -26.3. The van der Waals surface area contributed by atoms with Crippen molar-refractivity contribution < 1.29 is 166 Å². The highest BCUT2D eigenvalue weighted by molar-refractivity contribution is 5.92. The largest absolute Gasteiger partial charge is 0.471 e. The van der Waals surface area contributed by atoms with E-state index >= 15 is 0 Å². The third kappa shape index (κ3) is 17.1. The zero-order chi connectivity index (χ0) is 69.9. The Bertz CT molecular complexity index is 2810. The zero-order valence-electron chi connectivity index (χ0n) is 52.7. The number of rotatable bonds is 26. The third-order valence-electron chi connectivity index (χ3n) is 18.2. The number of hydrogen-bond donors (Lipinski definition) is 13. The van der Waals surface area contributed by atoms with Gasteiger partial charge in [0.2, 0.25) is 18.9 Å². The number of carbonyl (C=O) groups excluding carboxylic acids is 6. The zero-order valence-corrected chi connectivity index (χ0v) is 52.7. The normalized spacial score (nSPS) is 39.1. The van der Waals surface area contributed by atoms with E-state index in [4.69, 9.17) is 71.1 Å². The molecule has 0 unspecified atom stereocenters. The fraction of sp³-hybridized carbons (Fsp3) is 0.705. The van der Waals surface area contributed by atoms with Crippen molar-refractivity contribution >= 4 is 35.8 Å². The van der Waals surface area contributed by atoms with Crippen LogP contribution in [-0.2, 0) is 99.8 Å². The molecule has 0 spiro atoms. The van der Waals surface area contributed by atoms with Gasteiger partial charge in [-0.25, -0.2) is 14.4 Å². The third-order valence-corrected chi connectivity index (χ3v) is 18.2. The maximum atomic E-state index is 14.4. The topological polar surface area (TPSA) is 504 Å². The maximum absolute atomic E-state index is 14.4. The summed E-state index contributed by atoms with van der Waals surface area (Å²) >= 11 is 0. The fourth-order valence-corrected chi connectivity index (χ4v) is 12.7. The lowest BCUT2D eigenvalue weighted by atomic mass is 9.81. The lowest BCUT2D eigenvalue weighted by Crippen LogP contribution is -2.60. The van der Waals surface area contributed by atoms with Gasteiger partial charge in [0.05, 0.1) is 109 Å². The molecule has 534 valence electrons. The van der Waals surface area contributed by atoms with Gasteiger partial charge in [0.1, 0.15) is 79.4 Å². The van der Waals surface area contributed by atoms with E-state index in [0.29, 0.717) is 0 Å². The summed E-state index contributed by atoms with van der Waals surface area (Å²) in [5.74, 6) is -14.0. The van der Waals surface area contributed by atoms with Crippen LogP contribution >= 0.6 is 0 Å². The first-order valence-corrected chi connectivity index (χ1v) is 30.6. The number of allylic oxidation sites excluding steroid dienone is 2. The van der Waals surface area contributed by atoms with Crippen LogP contribution in [0.5, 0.6) is 0 Å². The van der Waals surface area contributed by atoms with E-state index in [9.17, 15) is 95.2 Å². The van der Waals surface area contributed by atoms with E-state index in [1.807, 2.05) is 0 Å². The minimum atomic E-state index is -1.88. The van der Waals surface area contributed by atoms with Gasteiger partial charge in [-0.05, 0) is 32.1 Å². The van der Waals surface area contributed by atoms with Crippen LogP contribution in [0.25, 0.3) is 0 Å². The van der Waals surface area contributed by atoms with Gasteiger partial charge in [0.25, 0.3) is 0 Å². The van der Waals surface area contributed by atoms with Crippen LogP contribution < -0.4 is 0 Å². The number of ether oxygens (including phenoxy) is 15. The SMILES string of the molecule is C=C[C@H]1[C@H](O[C@@H]2O[C@H](CO)[C@@H](O)[C@H](O)[C@H]2O)OC=C(C(=O)OC)[C@H]1CC(=O)OC[C@@H]1[C@@H](C)[C@H](OC(=O)C[C@@H]2C(C(=O)OC)=CO[C@@H](O[C@@H]3O[C@H](CO)[C@@H](O)[C@H](O)[C@H]3O)/C2=C\C)C[C@H]1[C@@H](CO)COC(=O)C[C@@H]1C(C(=O)OC)=CO[C@@H](O[C@@H]2O[C@H](CO)[C@@H](O)[C@H](O)[C@H]2O)/C1=C\C. The second-order valence-corrected chi connectivity index (χ2v) is 23.6. The van der Waals surface area contributed by atoms with Gasteiger partial charge in [-0.2, -0.15) is 0 Å². The minimum Gasteiger partial charge on any atom is -0.471 e. The molecule has 4 fully saturated rings. The highest BCUT2D eigenvalue weighted by Gasteiger charge is 2.53. The van der Waals surface area contributed by atoms with E-state index in [2.05, 4.69) is 6.58 Å². The summed E-state index contributed by atoms with van der Waals surface area (Å²) < 4.78 is 84.2. The van der Waals surface area contributed by atoms with Crippen LogP contribution in [0.1, 0.15) is 46.5 Å². The Morgan fingerprint density at radius 2 is 0.968 bits per heavy atom. The van der Waals surface area contributed by atoms with Gasteiger partial charge < -0.3 is 137 Å². The van der Waals surface area contributed by atoms with Crippen molar-refractivity contribution in [2.75, 3.05) is 61.0 Å². The van der Waals surface area contributed by atoms with Crippen LogP contribution in [0.4, 0.5) is 0 Å². The van der Waals surface area contributed by atoms with Crippen molar-refractivity contribution in [2.45, 2.75) is 164 Å². The average Bonchev–Trinajstić information content (AvgIpc) is 1.10. The molecule has 0 bridgehead atoms. The predicted molar refractivity (Wildman–Crippen MR) is 308 cm³/mol. The van der Waals surface area contributed by atoms with Gasteiger partial charge in [-0.1, -0.05) is 25.2 Å². The quantitative estimate of drug-likeness (QED) is 0.0220. The van der Waals surface area contributed by atoms with E-state index in [1.54, 1.807) is 6.92 Å². The molecule has 7 aliphatic rings. The molecular formula is C61H86O34. The number of aliphatic hydroxyl groups is 13. The molecule has 1 aliphatic carbocycles. The Kier molecular flexibility index (Phi) is 27.6. The fourth-order valence-electron chi connectivity index (χ4n) is 12.7. The van der Waals surface area contributed by atoms with E-state index in [-0.39, 0.29) is 34.3 Å². The Balaban J connectivity index is 1.13. The Hall–Kier alpha value is -6.10. The molecule has 6 aliphatic heterocycles. The molecule has 6 heterocycles. The lowest BCUT2D eigenvalue weighted by Gasteiger charge is -2.42. The molecule has 34 nitrogen and oxygen atoms in total. The summed E-state index contributed by atoms with van der Waals surface area (Å²) in [4.78, 5) is 82.5. The number of esters is 6. The molecule has 95 heavy (non-hydrogen) atoms. The summed E-state index contributed by atoms with van der Waals surface area (Å²) in [5.41, 5.74) is -0.388.